The van der Waals surface area contributed by atoms with Crippen LogP contribution in [0, 0.1) is 11.3 Å². The van der Waals surface area contributed by atoms with Crippen LogP contribution in [0.2, 0.25) is 0 Å². The molecule has 0 spiro atoms. The SMILES string of the molecule is CN(C)CCN(Cc1ccccc1)Cc1cccn1-c1ccc(C#N)cc1. The van der Waals surface area contributed by atoms with Gasteiger partial charge in [-0.05, 0) is 56.1 Å². The third kappa shape index (κ3) is 5.30. The van der Waals surface area contributed by atoms with E-state index in [0.717, 1.165) is 31.9 Å². The molecule has 0 aliphatic carbocycles. The van der Waals surface area contributed by atoms with Crippen LogP contribution in [0.25, 0.3) is 5.69 Å². The fraction of sp³-hybridized carbons (Fsp3) is 0.261. The molecule has 0 bridgehead atoms. The van der Waals surface area contributed by atoms with Crippen molar-refractivity contribution < 1.29 is 0 Å². The highest BCUT2D eigenvalue weighted by molar-refractivity contribution is 5.41. The first-order chi connectivity index (χ1) is 13.2. The predicted molar refractivity (Wildman–Crippen MR) is 110 cm³/mol. The first-order valence-electron chi connectivity index (χ1n) is 9.23. The fourth-order valence-corrected chi connectivity index (χ4v) is 3.12. The Hall–Kier alpha value is -2.87. The Bertz CT molecular complexity index is 873. The Morgan fingerprint density at radius 2 is 1.59 bits per heavy atom. The van der Waals surface area contributed by atoms with Gasteiger partial charge < -0.3 is 9.47 Å². The molecule has 0 aliphatic heterocycles. The van der Waals surface area contributed by atoms with Gasteiger partial charge in [-0.3, -0.25) is 4.90 Å². The molecule has 0 unspecified atom stereocenters. The molecule has 0 amide bonds. The lowest BCUT2D eigenvalue weighted by Gasteiger charge is -2.25. The molecule has 4 heteroatoms. The van der Waals surface area contributed by atoms with Gasteiger partial charge in [-0.15, -0.1) is 0 Å². The molecule has 138 valence electrons. The van der Waals surface area contributed by atoms with Crippen molar-refractivity contribution in [2.75, 3.05) is 27.2 Å². The van der Waals surface area contributed by atoms with Crippen molar-refractivity contribution in [3.63, 3.8) is 0 Å². The van der Waals surface area contributed by atoms with E-state index in [1.165, 1.54) is 11.3 Å². The molecule has 3 rings (SSSR count). The van der Waals surface area contributed by atoms with Crippen LogP contribution in [0.5, 0.6) is 0 Å². The number of aromatic nitrogens is 1. The molecule has 3 aromatic rings. The van der Waals surface area contributed by atoms with E-state index in [4.69, 9.17) is 5.26 Å². The van der Waals surface area contributed by atoms with Gasteiger partial charge in [-0.2, -0.15) is 5.26 Å². The van der Waals surface area contributed by atoms with Crippen LogP contribution in [-0.4, -0.2) is 41.6 Å². The van der Waals surface area contributed by atoms with Crippen LogP contribution in [0.15, 0.2) is 72.9 Å². The lowest BCUT2D eigenvalue weighted by atomic mass is 10.2. The summed E-state index contributed by atoms with van der Waals surface area (Å²) in [6.07, 6.45) is 2.09. The van der Waals surface area contributed by atoms with Crippen molar-refractivity contribution in [2.45, 2.75) is 13.1 Å². The highest BCUT2D eigenvalue weighted by Gasteiger charge is 2.11. The summed E-state index contributed by atoms with van der Waals surface area (Å²) in [5, 5.41) is 9.01. The number of hydrogen-bond acceptors (Lipinski definition) is 3. The van der Waals surface area contributed by atoms with Crippen LogP contribution in [0.3, 0.4) is 0 Å². The summed E-state index contributed by atoms with van der Waals surface area (Å²) in [5.41, 5.74) is 4.34. The third-order valence-corrected chi connectivity index (χ3v) is 4.61. The second kappa shape index (κ2) is 9.18. The molecule has 4 nitrogen and oxygen atoms in total. The van der Waals surface area contributed by atoms with Crippen LogP contribution in [0.4, 0.5) is 0 Å². The van der Waals surface area contributed by atoms with Crippen molar-refractivity contribution in [1.29, 1.82) is 5.26 Å². The molecule has 0 saturated carbocycles. The average Bonchev–Trinajstić information content (AvgIpc) is 3.15. The summed E-state index contributed by atoms with van der Waals surface area (Å²) in [7, 11) is 4.22. The van der Waals surface area contributed by atoms with Gasteiger partial charge in [-0.25, -0.2) is 0 Å². The highest BCUT2D eigenvalue weighted by Crippen LogP contribution is 2.17. The minimum atomic E-state index is 0.684. The van der Waals surface area contributed by atoms with E-state index in [9.17, 15) is 0 Å². The number of likely N-dealkylation sites (N-methyl/N-ethyl adjacent to an activating group) is 1. The maximum Gasteiger partial charge on any atom is 0.0991 e. The van der Waals surface area contributed by atoms with Gasteiger partial charge in [0.15, 0.2) is 0 Å². The lowest BCUT2D eigenvalue weighted by molar-refractivity contribution is 0.223. The summed E-state index contributed by atoms with van der Waals surface area (Å²) in [6, 6.07) is 24.8. The molecule has 0 fully saturated rings. The first kappa shape index (κ1) is 18.9. The number of rotatable bonds is 8. The zero-order chi connectivity index (χ0) is 19.1. The molecule has 1 heterocycles. The maximum absolute atomic E-state index is 9.01. The quantitative estimate of drug-likeness (QED) is 0.612. The molecule has 0 saturated heterocycles. The van der Waals surface area contributed by atoms with E-state index in [1.54, 1.807) is 0 Å². The molecule has 1 aromatic heterocycles. The summed E-state index contributed by atoms with van der Waals surface area (Å²) in [6.45, 7) is 3.81. The van der Waals surface area contributed by atoms with E-state index < -0.39 is 0 Å². The van der Waals surface area contributed by atoms with E-state index in [0.29, 0.717) is 5.56 Å². The monoisotopic (exact) mass is 358 g/mol. The van der Waals surface area contributed by atoms with E-state index in [2.05, 4.69) is 83.2 Å². The van der Waals surface area contributed by atoms with Gasteiger partial charge in [0, 0.05) is 43.8 Å². The molecular formula is C23H26N4. The molecule has 0 radical (unpaired) electrons. The van der Waals surface area contributed by atoms with Crippen LogP contribution >= 0.6 is 0 Å². The molecular weight excluding hydrogens is 332 g/mol. The van der Waals surface area contributed by atoms with Gasteiger partial charge in [0.25, 0.3) is 0 Å². The Kier molecular flexibility index (Phi) is 6.43. The Labute approximate surface area is 161 Å². The molecule has 0 atom stereocenters. The van der Waals surface area contributed by atoms with E-state index >= 15 is 0 Å². The second-order valence-electron chi connectivity index (χ2n) is 7.03. The Morgan fingerprint density at radius 3 is 2.26 bits per heavy atom. The largest absolute Gasteiger partial charge is 0.320 e. The van der Waals surface area contributed by atoms with Crippen molar-refractivity contribution in [2.24, 2.45) is 0 Å². The van der Waals surface area contributed by atoms with Gasteiger partial charge >= 0.3 is 0 Å². The maximum atomic E-state index is 9.01. The first-order valence-corrected chi connectivity index (χ1v) is 9.23. The van der Waals surface area contributed by atoms with E-state index in [-0.39, 0.29) is 0 Å². The molecule has 0 N–H and O–H groups in total. The van der Waals surface area contributed by atoms with Crippen molar-refractivity contribution in [1.82, 2.24) is 14.4 Å². The standard InChI is InChI=1S/C23H26N4/c1-25(2)15-16-26(18-21-7-4-3-5-8-21)19-23-9-6-14-27(23)22-12-10-20(17-24)11-13-22/h3-14H,15-16,18-19H2,1-2H3. The fourth-order valence-electron chi connectivity index (χ4n) is 3.12. The zero-order valence-corrected chi connectivity index (χ0v) is 16.0. The van der Waals surface area contributed by atoms with Gasteiger partial charge in [0.2, 0.25) is 0 Å². The highest BCUT2D eigenvalue weighted by atomic mass is 15.2. The molecule has 0 aliphatic rings. The van der Waals surface area contributed by atoms with Gasteiger partial charge in [-0.1, -0.05) is 30.3 Å². The van der Waals surface area contributed by atoms with Crippen LogP contribution < -0.4 is 0 Å². The number of nitriles is 1. The summed E-state index contributed by atoms with van der Waals surface area (Å²) in [5.74, 6) is 0. The van der Waals surface area contributed by atoms with Gasteiger partial charge in [0.05, 0.1) is 11.6 Å². The smallest absolute Gasteiger partial charge is 0.0991 e. The van der Waals surface area contributed by atoms with Crippen molar-refractivity contribution in [3.8, 4) is 11.8 Å². The van der Waals surface area contributed by atoms with Crippen LogP contribution in [0.1, 0.15) is 16.8 Å². The number of nitrogens with zero attached hydrogens (tertiary/aromatic N) is 4. The minimum Gasteiger partial charge on any atom is -0.320 e. The lowest BCUT2D eigenvalue weighted by Crippen LogP contribution is -2.31. The normalized spacial score (nSPS) is 11.1. The van der Waals surface area contributed by atoms with Crippen molar-refractivity contribution in [3.05, 3.63) is 89.7 Å². The number of benzene rings is 2. The topological polar surface area (TPSA) is 35.2 Å². The van der Waals surface area contributed by atoms with Crippen LogP contribution in [-0.2, 0) is 13.1 Å². The second-order valence-corrected chi connectivity index (χ2v) is 7.03. The summed E-state index contributed by atoms with van der Waals surface area (Å²) < 4.78 is 2.20. The van der Waals surface area contributed by atoms with Crippen molar-refractivity contribution >= 4 is 0 Å². The summed E-state index contributed by atoms with van der Waals surface area (Å²) in [4.78, 5) is 4.70. The number of hydrogen-bond donors (Lipinski definition) is 0. The Balaban J connectivity index is 1.79. The summed E-state index contributed by atoms with van der Waals surface area (Å²) >= 11 is 0. The predicted octanol–water partition coefficient (Wildman–Crippen LogP) is 3.91. The Morgan fingerprint density at radius 1 is 0.852 bits per heavy atom. The molecule has 2 aromatic carbocycles. The molecule has 27 heavy (non-hydrogen) atoms. The minimum absolute atomic E-state index is 0.684. The average molecular weight is 358 g/mol. The van der Waals surface area contributed by atoms with E-state index in [1.807, 2.05) is 24.3 Å². The zero-order valence-electron chi connectivity index (χ0n) is 16.0. The third-order valence-electron chi connectivity index (χ3n) is 4.61. The van der Waals surface area contributed by atoms with Gasteiger partial charge in [0.1, 0.15) is 0 Å².